The number of carbonyl (C=O) groups excluding carboxylic acids is 2. The van der Waals surface area contributed by atoms with E-state index in [1.54, 1.807) is 20.8 Å². The molecule has 106 valence electrons. The van der Waals surface area contributed by atoms with Gasteiger partial charge in [0.05, 0.1) is 13.2 Å². The monoisotopic (exact) mass is 258 g/mol. The molecule has 0 aliphatic heterocycles. The minimum atomic E-state index is -1.07. The zero-order valence-electron chi connectivity index (χ0n) is 12.4. The highest BCUT2D eigenvalue weighted by Gasteiger charge is 2.37. The van der Waals surface area contributed by atoms with Crippen LogP contribution < -0.4 is 0 Å². The maximum atomic E-state index is 12.1. The molecular weight excluding hydrogens is 232 g/mol. The summed E-state index contributed by atoms with van der Waals surface area (Å²) in [6, 6.07) is 0. The highest BCUT2D eigenvalue weighted by Crippen LogP contribution is 2.19. The summed E-state index contributed by atoms with van der Waals surface area (Å²) in [5.74, 6) is -0.557. The Kier molecular flexibility index (Phi) is 7.09. The van der Waals surface area contributed by atoms with Crippen molar-refractivity contribution in [3.63, 3.8) is 0 Å². The number of nitrogens with zero attached hydrogens (tertiary/aromatic N) is 2. The van der Waals surface area contributed by atoms with Gasteiger partial charge >= 0.3 is 5.97 Å². The summed E-state index contributed by atoms with van der Waals surface area (Å²) in [6.45, 7) is 7.20. The first kappa shape index (κ1) is 17.1. The van der Waals surface area contributed by atoms with Crippen LogP contribution in [0, 0.1) is 5.41 Å². The lowest BCUT2D eigenvalue weighted by molar-refractivity contribution is -0.158. The van der Waals surface area contributed by atoms with Crippen molar-refractivity contribution >= 4 is 11.8 Å². The molecule has 0 unspecified atom stereocenters. The molecule has 18 heavy (non-hydrogen) atoms. The average molecular weight is 258 g/mol. The predicted octanol–water partition coefficient (Wildman–Crippen LogP) is 0.638. The van der Waals surface area contributed by atoms with Gasteiger partial charge in [0.2, 0.25) is 0 Å². The topological polar surface area (TPSA) is 49.9 Å². The largest absolute Gasteiger partial charge is 0.465 e. The van der Waals surface area contributed by atoms with E-state index in [0.29, 0.717) is 6.61 Å². The van der Waals surface area contributed by atoms with Gasteiger partial charge in [-0.25, -0.2) is 0 Å². The number of hydrogen-bond acceptors (Lipinski definition) is 5. The van der Waals surface area contributed by atoms with Gasteiger partial charge in [-0.05, 0) is 41.9 Å². The summed E-state index contributed by atoms with van der Waals surface area (Å²) in [7, 11) is 5.85. The van der Waals surface area contributed by atoms with E-state index in [1.165, 1.54) is 0 Å². The van der Waals surface area contributed by atoms with E-state index in [1.807, 2.05) is 26.0 Å². The lowest BCUT2D eigenvalue weighted by Crippen LogP contribution is -2.42. The smallest absolute Gasteiger partial charge is 0.319 e. The number of esters is 1. The Morgan fingerprint density at radius 1 is 1.11 bits per heavy atom. The molecule has 0 saturated heterocycles. The van der Waals surface area contributed by atoms with Gasteiger partial charge in [0.15, 0.2) is 5.78 Å². The molecule has 0 amide bonds. The van der Waals surface area contributed by atoms with Crippen molar-refractivity contribution in [1.29, 1.82) is 0 Å². The van der Waals surface area contributed by atoms with E-state index in [0.717, 1.165) is 13.1 Å². The van der Waals surface area contributed by atoms with Gasteiger partial charge in [-0.2, -0.15) is 0 Å². The number of Topliss-reactive ketones (excluding diaryl/α,β-unsaturated/α-hetero) is 1. The van der Waals surface area contributed by atoms with Crippen molar-refractivity contribution in [3.8, 4) is 0 Å². The fraction of sp³-hybridized carbons (Fsp3) is 0.846. The normalized spacial score (nSPS) is 12.0. The average Bonchev–Trinajstić information content (AvgIpc) is 2.26. The van der Waals surface area contributed by atoms with Gasteiger partial charge in [-0.15, -0.1) is 0 Å². The van der Waals surface area contributed by atoms with Crippen LogP contribution in [0.1, 0.15) is 20.8 Å². The molecular formula is C13H26N2O3. The van der Waals surface area contributed by atoms with Crippen LogP contribution in [-0.4, -0.2) is 68.9 Å². The summed E-state index contributed by atoms with van der Waals surface area (Å²) in [5.41, 5.74) is -1.07. The number of ether oxygens (including phenoxy) is 1. The molecule has 0 spiro atoms. The quantitative estimate of drug-likeness (QED) is 0.472. The molecule has 5 heteroatoms. The van der Waals surface area contributed by atoms with E-state index in [2.05, 4.69) is 4.90 Å². The van der Waals surface area contributed by atoms with Crippen molar-refractivity contribution in [2.75, 3.05) is 47.4 Å². The molecule has 0 fully saturated rings. The summed E-state index contributed by atoms with van der Waals surface area (Å²) in [5, 5.41) is 0. The zero-order valence-corrected chi connectivity index (χ0v) is 12.4. The highest BCUT2D eigenvalue weighted by atomic mass is 16.5. The third-order valence-electron chi connectivity index (χ3n) is 2.83. The Bertz CT molecular complexity index is 288. The maximum absolute atomic E-state index is 12.1. The summed E-state index contributed by atoms with van der Waals surface area (Å²) >= 11 is 0. The van der Waals surface area contributed by atoms with Crippen LogP contribution in [0.4, 0.5) is 0 Å². The molecule has 0 aliphatic carbocycles. The highest BCUT2D eigenvalue weighted by molar-refractivity contribution is 6.03. The lowest BCUT2D eigenvalue weighted by atomic mass is 9.88. The van der Waals surface area contributed by atoms with Gasteiger partial charge < -0.3 is 9.64 Å². The zero-order chi connectivity index (χ0) is 14.3. The van der Waals surface area contributed by atoms with Crippen molar-refractivity contribution in [2.24, 2.45) is 5.41 Å². The molecule has 0 aliphatic rings. The standard InChI is InChI=1S/C13H26N2O3/c1-7-18-12(17)13(2,3)11(16)10-15(6)9-8-14(4)5/h7-10H2,1-6H3. The van der Waals surface area contributed by atoms with Crippen LogP contribution in [0.5, 0.6) is 0 Å². The molecule has 0 atom stereocenters. The first-order chi connectivity index (χ1) is 8.21. The lowest BCUT2D eigenvalue weighted by Gasteiger charge is -2.25. The minimum Gasteiger partial charge on any atom is -0.465 e. The molecule has 0 aromatic heterocycles. The maximum Gasteiger partial charge on any atom is 0.319 e. The van der Waals surface area contributed by atoms with Crippen molar-refractivity contribution in [3.05, 3.63) is 0 Å². The van der Waals surface area contributed by atoms with E-state index in [-0.39, 0.29) is 12.3 Å². The van der Waals surface area contributed by atoms with E-state index in [9.17, 15) is 9.59 Å². The first-order valence-corrected chi connectivity index (χ1v) is 6.25. The van der Waals surface area contributed by atoms with Crippen molar-refractivity contribution in [1.82, 2.24) is 9.80 Å². The van der Waals surface area contributed by atoms with Crippen LogP contribution in [0.25, 0.3) is 0 Å². The Morgan fingerprint density at radius 3 is 2.11 bits per heavy atom. The summed E-state index contributed by atoms with van der Waals surface area (Å²) in [4.78, 5) is 27.7. The fourth-order valence-corrected chi connectivity index (χ4v) is 1.32. The van der Waals surface area contributed by atoms with Gasteiger partial charge in [0.25, 0.3) is 0 Å². The van der Waals surface area contributed by atoms with E-state index in [4.69, 9.17) is 4.74 Å². The molecule has 0 bridgehead atoms. The third kappa shape index (κ3) is 5.60. The van der Waals surface area contributed by atoms with Crippen LogP contribution in [-0.2, 0) is 14.3 Å². The number of ketones is 1. The minimum absolute atomic E-state index is 0.109. The molecule has 0 saturated carbocycles. The van der Waals surface area contributed by atoms with Gasteiger partial charge in [0.1, 0.15) is 5.41 Å². The summed E-state index contributed by atoms with van der Waals surface area (Å²) < 4.78 is 4.92. The Balaban J connectivity index is 4.33. The van der Waals surface area contributed by atoms with E-state index < -0.39 is 11.4 Å². The molecule has 5 nitrogen and oxygen atoms in total. The van der Waals surface area contributed by atoms with Crippen LogP contribution in [0.2, 0.25) is 0 Å². The molecule has 0 rings (SSSR count). The molecule has 0 aromatic carbocycles. The van der Waals surface area contributed by atoms with Crippen LogP contribution in [0.15, 0.2) is 0 Å². The number of likely N-dealkylation sites (N-methyl/N-ethyl adjacent to an activating group) is 2. The first-order valence-electron chi connectivity index (χ1n) is 6.25. The number of hydrogen-bond donors (Lipinski definition) is 0. The number of rotatable bonds is 8. The molecule has 0 N–H and O–H groups in total. The second-order valence-corrected chi connectivity index (χ2v) is 5.31. The number of carbonyl (C=O) groups is 2. The van der Waals surface area contributed by atoms with Gasteiger partial charge in [-0.3, -0.25) is 14.5 Å². The Morgan fingerprint density at radius 2 is 1.67 bits per heavy atom. The second-order valence-electron chi connectivity index (χ2n) is 5.31. The van der Waals surface area contributed by atoms with Crippen molar-refractivity contribution in [2.45, 2.75) is 20.8 Å². The van der Waals surface area contributed by atoms with Gasteiger partial charge in [-0.1, -0.05) is 0 Å². The van der Waals surface area contributed by atoms with E-state index >= 15 is 0 Å². The van der Waals surface area contributed by atoms with Crippen LogP contribution >= 0.6 is 0 Å². The Labute approximate surface area is 110 Å². The molecule has 0 heterocycles. The molecule has 0 aromatic rings. The predicted molar refractivity (Wildman–Crippen MR) is 71.5 cm³/mol. The summed E-state index contributed by atoms with van der Waals surface area (Å²) in [6.07, 6.45) is 0. The second kappa shape index (κ2) is 7.48. The van der Waals surface area contributed by atoms with Crippen LogP contribution in [0.3, 0.4) is 0 Å². The Hall–Kier alpha value is -0.940. The third-order valence-corrected chi connectivity index (χ3v) is 2.83. The fourth-order valence-electron chi connectivity index (χ4n) is 1.32. The van der Waals surface area contributed by atoms with Gasteiger partial charge in [0, 0.05) is 13.1 Å². The SMILES string of the molecule is CCOC(=O)C(C)(C)C(=O)CN(C)CCN(C)C. The van der Waals surface area contributed by atoms with Crippen molar-refractivity contribution < 1.29 is 14.3 Å². The molecule has 0 radical (unpaired) electrons.